The maximum Gasteiger partial charge on any atom is 0.127 e. The summed E-state index contributed by atoms with van der Waals surface area (Å²) in [5, 5.41) is 10.1. The lowest BCUT2D eigenvalue weighted by atomic mass is 9.83. The van der Waals surface area contributed by atoms with E-state index in [4.69, 9.17) is 0 Å². The molecule has 94 valence electrons. The molecule has 17 heavy (non-hydrogen) atoms. The fourth-order valence-corrected chi connectivity index (χ4v) is 2.11. The number of nitrogens with zero attached hydrogens (tertiary/aromatic N) is 1. The molecule has 1 N–H and O–H groups in total. The van der Waals surface area contributed by atoms with Crippen molar-refractivity contribution in [1.82, 2.24) is 4.90 Å². The Morgan fingerprint density at radius 2 is 2.00 bits per heavy atom. The number of hydrogen-bond donors (Lipinski definition) is 1. The Balaban J connectivity index is 1.98. The molecule has 0 aromatic heterocycles. The molecule has 0 bridgehead atoms. The predicted molar refractivity (Wildman–Crippen MR) is 61.4 cm³/mol. The summed E-state index contributed by atoms with van der Waals surface area (Å²) in [6.07, 6.45) is 0. The number of benzene rings is 1. The number of likely N-dealkylation sites (tertiary alicyclic amines) is 1. The summed E-state index contributed by atoms with van der Waals surface area (Å²) < 4.78 is 26.4. The Kier molecular flexibility index (Phi) is 3.19. The Bertz CT molecular complexity index is 414. The van der Waals surface area contributed by atoms with E-state index in [2.05, 4.69) is 0 Å². The van der Waals surface area contributed by atoms with Crippen LogP contribution in [0.1, 0.15) is 19.4 Å². The van der Waals surface area contributed by atoms with Gasteiger partial charge in [0.05, 0.1) is 5.60 Å². The van der Waals surface area contributed by atoms with Crippen LogP contribution >= 0.6 is 0 Å². The molecule has 1 fully saturated rings. The topological polar surface area (TPSA) is 23.5 Å². The Morgan fingerprint density at radius 3 is 2.59 bits per heavy atom. The number of aliphatic hydroxyl groups is 1. The maximum absolute atomic E-state index is 13.4. The highest BCUT2D eigenvalue weighted by molar-refractivity contribution is 5.19. The lowest BCUT2D eigenvalue weighted by molar-refractivity contribution is -0.131. The fourth-order valence-electron chi connectivity index (χ4n) is 2.11. The van der Waals surface area contributed by atoms with E-state index in [1.165, 1.54) is 6.07 Å². The molecular formula is C13H17F2NO. The Hall–Kier alpha value is -1.00. The van der Waals surface area contributed by atoms with Crippen molar-refractivity contribution in [3.63, 3.8) is 0 Å². The van der Waals surface area contributed by atoms with Crippen LogP contribution < -0.4 is 0 Å². The zero-order chi connectivity index (χ0) is 12.6. The molecule has 4 heteroatoms. The van der Waals surface area contributed by atoms with E-state index >= 15 is 0 Å². The van der Waals surface area contributed by atoms with Crippen LogP contribution in [0.25, 0.3) is 0 Å². The van der Waals surface area contributed by atoms with Crippen LogP contribution in [0.5, 0.6) is 0 Å². The predicted octanol–water partition coefficient (Wildman–Crippen LogP) is 2.17. The first-order chi connectivity index (χ1) is 7.90. The minimum atomic E-state index is -0.677. The number of hydrogen-bond acceptors (Lipinski definition) is 2. The van der Waals surface area contributed by atoms with Gasteiger partial charge >= 0.3 is 0 Å². The van der Waals surface area contributed by atoms with E-state index in [0.29, 0.717) is 25.2 Å². The molecule has 0 amide bonds. The van der Waals surface area contributed by atoms with Crippen molar-refractivity contribution in [1.29, 1.82) is 0 Å². The van der Waals surface area contributed by atoms with E-state index in [9.17, 15) is 13.9 Å². The zero-order valence-corrected chi connectivity index (χ0v) is 10.1. The minimum absolute atomic E-state index is 0.177. The van der Waals surface area contributed by atoms with Gasteiger partial charge in [0.1, 0.15) is 11.6 Å². The standard InChI is InChI=1S/C13H17F2NO/c1-9(2)13(17)7-16(8-13)6-10-5-11(14)3-4-12(10)15/h3-5,9,17H,6-8H2,1-2H3. The van der Waals surface area contributed by atoms with E-state index < -0.39 is 17.2 Å². The van der Waals surface area contributed by atoms with Gasteiger partial charge in [-0.2, -0.15) is 0 Å². The van der Waals surface area contributed by atoms with Gasteiger partial charge in [0.2, 0.25) is 0 Å². The molecule has 2 rings (SSSR count). The van der Waals surface area contributed by atoms with Crippen molar-refractivity contribution in [2.75, 3.05) is 13.1 Å². The van der Waals surface area contributed by atoms with Gasteiger partial charge in [-0.3, -0.25) is 4.90 Å². The molecule has 1 aromatic rings. The molecular weight excluding hydrogens is 224 g/mol. The first-order valence-corrected chi connectivity index (χ1v) is 5.79. The molecule has 0 aliphatic carbocycles. The highest BCUT2D eigenvalue weighted by atomic mass is 19.1. The molecule has 0 saturated carbocycles. The van der Waals surface area contributed by atoms with Crippen LogP contribution in [0.4, 0.5) is 8.78 Å². The van der Waals surface area contributed by atoms with Crippen LogP contribution in [-0.2, 0) is 6.54 Å². The van der Waals surface area contributed by atoms with E-state index in [1.807, 2.05) is 18.7 Å². The van der Waals surface area contributed by atoms with Crippen molar-refractivity contribution in [2.24, 2.45) is 5.92 Å². The molecule has 0 unspecified atom stereocenters. The lowest BCUT2D eigenvalue weighted by Crippen LogP contribution is -2.63. The summed E-state index contributed by atoms with van der Waals surface area (Å²) in [5.74, 6) is -0.650. The number of rotatable bonds is 3. The maximum atomic E-state index is 13.4. The molecule has 0 radical (unpaired) electrons. The van der Waals surface area contributed by atoms with Crippen molar-refractivity contribution in [3.05, 3.63) is 35.4 Å². The highest BCUT2D eigenvalue weighted by Crippen LogP contribution is 2.30. The smallest absolute Gasteiger partial charge is 0.127 e. The average molecular weight is 241 g/mol. The number of halogens is 2. The van der Waals surface area contributed by atoms with Gasteiger partial charge in [-0.05, 0) is 24.1 Å². The van der Waals surface area contributed by atoms with Crippen LogP contribution in [0, 0.1) is 17.6 Å². The monoisotopic (exact) mass is 241 g/mol. The summed E-state index contributed by atoms with van der Waals surface area (Å²) in [6.45, 7) is 5.29. The molecule has 1 aliphatic heterocycles. The van der Waals surface area contributed by atoms with Crippen molar-refractivity contribution in [2.45, 2.75) is 26.0 Å². The summed E-state index contributed by atoms with van der Waals surface area (Å²) in [4.78, 5) is 1.91. The molecule has 0 atom stereocenters. The third kappa shape index (κ3) is 2.48. The van der Waals surface area contributed by atoms with Gasteiger partial charge in [-0.25, -0.2) is 8.78 Å². The lowest BCUT2D eigenvalue weighted by Gasteiger charge is -2.49. The van der Waals surface area contributed by atoms with Gasteiger partial charge in [0.25, 0.3) is 0 Å². The second kappa shape index (κ2) is 4.35. The summed E-state index contributed by atoms with van der Waals surface area (Å²) in [6, 6.07) is 3.46. The summed E-state index contributed by atoms with van der Waals surface area (Å²) in [7, 11) is 0. The quantitative estimate of drug-likeness (QED) is 0.876. The van der Waals surface area contributed by atoms with Gasteiger partial charge in [-0.15, -0.1) is 0 Å². The normalized spacial score (nSPS) is 19.4. The fraction of sp³-hybridized carbons (Fsp3) is 0.538. The van der Waals surface area contributed by atoms with Crippen LogP contribution in [0.2, 0.25) is 0 Å². The first-order valence-electron chi connectivity index (χ1n) is 5.79. The molecule has 1 saturated heterocycles. The van der Waals surface area contributed by atoms with Crippen molar-refractivity contribution < 1.29 is 13.9 Å². The van der Waals surface area contributed by atoms with E-state index in [-0.39, 0.29) is 5.92 Å². The van der Waals surface area contributed by atoms with Crippen LogP contribution in [0.15, 0.2) is 18.2 Å². The van der Waals surface area contributed by atoms with Gasteiger partial charge in [-0.1, -0.05) is 13.8 Å². The van der Waals surface area contributed by atoms with Gasteiger partial charge in [0.15, 0.2) is 0 Å². The van der Waals surface area contributed by atoms with Gasteiger partial charge < -0.3 is 5.11 Å². The minimum Gasteiger partial charge on any atom is -0.387 e. The molecule has 1 aliphatic rings. The highest BCUT2D eigenvalue weighted by Gasteiger charge is 2.43. The van der Waals surface area contributed by atoms with Crippen molar-refractivity contribution >= 4 is 0 Å². The Labute approximate surface area is 99.9 Å². The summed E-state index contributed by atoms with van der Waals surface area (Å²) in [5.41, 5.74) is -0.333. The van der Waals surface area contributed by atoms with E-state index in [0.717, 1.165) is 12.1 Å². The van der Waals surface area contributed by atoms with E-state index in [1.54, 1.807) is 0 Å². The molecule has 1 aromatic carbocycles. The second-order valence-corrected chi connectivity index (χ2v) is 5.14. The second-order valence-electron chi connectivity index (χ2n) is 5.14. The van der Waals surface area contributed by atoms with Gasteiger partial charge in [0, 0.05) is 25.2 Å². The SMILES string of the molecule is CC(C)C1(O)CN(Cc2cc(F)ccc2F)C1. The molecule has 1 heterocycles. The average Bonchev–Trinajstić information content (AvgIpc) is 2.20. The number of β-amino-alcohol motifs (C(OH)–C–C–N with tert-alkyl or cyclic N) is 1. The van der Waals surface area contributed by atoms with Crippen molar-refractivity contribution in [3.8, 4) is 0 Å². The molecule has 2 nitrogen and oxygen atoms in total. The first kappa shape index (κ1) is 12.5. The van der Waals surface area contributed by atoms with Crippen LogP contribution in [0.3, 0.4) is 0 Å². The zero-order valence-electron chi connectivity index (χ0n) is 10.1. The third-order valence-corrected chi connectivity index (χ3v) is 3.47. The molecule has 0 spiro atoms. The summed E-state index contributed by atoms with van der Waals surface area (Å²) >= 11 is 0. The Morgan fingerprint density at radius 1 is 1.35 bits per heavy atom. The largest absolute Gasteiger partial charge is 0.387 e. The van der Waals surface area contributed by atoms with Crippen LogP contribution in [-0.4, -0.2) is 28.7 Å². The third-order valence-electron chi connectivity index (χ3n) is 3.47.